The summed E-state index contributed by atoms with van der Waals surface area (Å²) in [6.45, 7) is -0.759. The number of alkyl halides is 4. The zero-order valence-electron chi connectivity index (χ0n) is 21.4. The second-order valence-electron chi connectivity index (χ2n) is 9.97. The molecule has 0 radical (unpaired) electrons. The van der Waals surface area contributed by atoms with Crippen LogP contribution in [0, 0.1) is 5.82 Å². The van der Waals surface area contributed by atoms with Crippen LogP contribution in [0.5, 0.6) is 0 Å². The number of amides is 4. The fourth-order valence-electron chi connectivity index (χ4n) is 5.17. The van der Waals surface area contributed by atoms with Crippen LogP contribution in [0.2, 0.25) is 0 Å². The van der Waals surface area contributed by atoms with E-state index < -0.39 is 67.1 Å². The molecule has 1 N–H and O–H groups in total. The molecule has 2 heterocycles. The Kier molecular flexibility index (Phi) is 6.63. The zero-order valence-corrected chi connectivity index (χ0v) is 21.4. The van der Waals surface area contributed by atoms with Gasteiger partial charge in [-0.05, 0) is 47.4 Å². The number of imide groups is 1. The standard InChI is InChI=1S/C27H24F5N5O3/c1-15(27(30,31)32)36(12-16-3-6-19(28)7-4-16)23(38)14-37-24(39)26(34-25(37)40)10-22(29)20-9-17(5-8-21(20)26)18-11-33-35(2)13-18/h3-9,11,13,15,22H,10,12,14H2,1-2H3,(H,34,40)/t15-,22+,26-/m0/s1. The molecule has 1 fully saturated rings. The average molecular weight is 562 g/mol. The fourth-order valence-corrected chi connectivity index (χ4v) is 5.17. The minimum atomic E-state index is -4.81. The Hall–Kier alpha value is -4.29. The minimum Gasteiger partial charge on any atom is -0.325 e. The summed E-state index contributed by atoms with van der Waals surface area (Å²) in [5.74, 6) is -2.69. The van der Waals surface area contributed by atoms with Crippen LogP contribution in [0.25, 0.3) is 11.1 Å². The number of aryl methyl sites for hydroxylation is 1. The van der Waals surface area contributed by atoms with Crippen LogP contribution in [0.1, 0.15) is 36.2 Å². The highest BCUT2D eigenvalue weighted by Crippen LogP contribution is 2.49. The number of fused-ring (bicyclic) bond motifs is 2. The molecule has 0 saturated carbocycles. The average Bonchev–Trinajstić information content (AvgIpc) is 3.52. The van der Waals surface area contributed by atoms with Gasteiger partial charge in [0.05, 0.1) is 6.20 Å². The van der Waals surface area contributed by atoms with Gasteiger partial charge in [0.1, 0.15) is 30.1 Å². The molecule has 4 amide bonds. The molecular weight excluding hydrogens is 537 g/mol. The van der Waals surface area contributed by atoms with Gasteiger partial charge in [-0.1, -0.05) is 24.3 Å². The summed E-state index contributed by atoms with van der Waals surface area (Å²) in [5, 5.41) is 6.58. The maximum Gasteiger partial charge on any atom is 0.408 e. The molecule has 5 rings (SSSR count). The Morgan fingerprint density at radius 2 is 1.88 bits per heavy atom. The van der Waals surface area contributed by atoms with Crippen LogP contribution in [0.15, 0.2) is 54.9 Å². The number of nitrogens with zero attached hydrogens (tertiary/aromatic N) is 4. The smallest absolute Gasteiger partial charge is 0.325 e. The number of hydrogen-bond acceptors (Lipinski definition) is 4. The van der Waals surface area contributed by atoms with E-state index in [4.69, 9.17) is 0 Å². The molecule has 1 saturated heterocycles. The van der Waals surface area contributed by atoms with Crippen molar-refractivity contribution in [3.8, 4) is 11.1 Å². The van der Waals surface area contributed by atoms with Gasteiger partial charge in [-0.2, -0.15) is 18.3 Å². The van der Waals surface area contributed by atoms with Gasteiger partial charge >= 0.3 is 12.2 Å². The maximum absolute atomic E-state index is 15.3. The van der Waals surface area contributed by atoms with Crippen molar-refractivity contribution in [1.29, 1.82) is 0 Å². The van der Waals surface area contributed by atoms with Gasteiger partial charge in [-0.25, -0.2) is 13.6 Å². The van der Waals surface area contributed by atoms with Crippen LogP contribution in [0.3, 0.4) is 0 Å². The summed E-state index contributed by atoms with van der Waals surface area (Å²) in [6.07, 6.45) is -3.53. The van der Waals surface area contributed by atoms with Crippen LogP contribution in [-0.2, 0) is 28.7 Å². The number of aromatic nitrogens is 2. The number of carbonyl (C=O) groups excluding carboxylic acids is 3. The molecule has 40 heavy (non-hydrogen) atoms. The number of nitrogens with one attached hydrogen (secondary N) is 1. The van der Waals surface area contributed by atoms with Crippen molar-refractivity contribution in [2.24, 2.45) is 7.05 Å². The topological polar surface area (TPSA) is 87.5 Å². The van der Waals surface area contributed by atoms with Crippen LogP contribution in [-0.4, -0.2) is 56.2 Å². The number of halogens is 5. The molecule has 2 aliphatic rings. The van der Waals surface area contributed by atoms with Gasteiger partial charge in [-0.3, -0.25) is 19.2 Å². The predicted octanol–water partition coefficient (Wildman–Crippen LogP) is 4.37. The van der Waals surface area contributed by atoms with E-state index in [2.05, 4.69) is 10.4 Å². The third kappa shape index (κ3) is 4.69. The van der Waals surface area contributed by atoms with Crippen molar-refractivity contribution in [1.82, 2.24) is 24.9 Å². The van der Waals surface area contributed by atoms with E-state index in [0.29, 0.717) is 20.9 Å². The number of urea groups is 1. The summed E-state index contributed by atoms with van der Waals surface area (Å²) in [4.78, 5) is 40.6. The first-order valence-corrected chi connectivity index (χ1v) is 12.3. The number of hydrogen-bond donors (Lipinski definition) is 1. The second-order valence-corrected chi connectivity index (χ2v) is 9.97. The second kappa shape index (κ2) is 9.72. The van der Waals surface area contributed by atoms with E-state index in [1.807, 2.05) is 0 Å². The van der Waals surface area contributed by atoms with Gasteiger partial charge in [0.2, 0.25) is 5.91 Å². The van der Waals surface area contributed by atoms with Gasteiger partial charge in [0.15, 0.2) is 0 Å². The van der Waals surface area contributed by atoms with E-state index >= 15 is 4.39 Å². The third-order valence-electron chi connectivity index (χ3n) is 7.37. The lowest BCUT2D eigenvalue weighted by atomic mass is 9.90. The minimum absolute atomic E-state index is 0.187. The lowest BCUT2D eigenvalue weighted by Crippen LogP contribution is -2.51. The van der Waals surface area contributed by atoms with Crippen molar-refractivity contribution in [2.45, 2.75) is 43.8 Å². The monoisotopic (exact) mass is 561 g/mol. The first-order chi connectivity index (χ1) is 18.8. The van der Waals surface area contributed by atoms with E-state index in [0.717, 1.165) is 19.1 Å². The highest BCUT2D eigenvalue weighted by molar-refractivity contribution is 6.10. The highest BCUT2D eigenvalue weighted by atomic mass is 19.4. The predicted molar refractivity (Wildman–Crippen MR) is 131 cm³/mol. The Bertz CT molecular complexity index is 1490. The Labute approximate surface area is 225 Å². The summed E-state index contributed by atoms with van der Waals surface area (Å²) in [5.41, 5.74) is 0.186. The Balaban J connectivity index is 1.41. The van der Waals surface area contributed by atoms with Crippen molar-refractivity contribution in [3.63, 3.8) is 0 Å². The number of benzene rings is 2. The van der Waals surface area contributed by atoms with Gasteiger partial charge in [-0.15, -0.1) is 0 Å². The molecule has 8 nitrogen and oxygen atoms in total. The van der Waals surface area contributed by atoms with Crippen molar-refractivity contribution in [2.75, 3.05) is 6.54 Å². The van der Waals surface area contributed by atoms with Crippen LogP contribution >= 0.6 is 0 Å². The molecule has 2 aromatic carbocycles. The quantitative estimate of drug-likeness (QED) is 0.358. The first-order valence-electron chi connectivity index (χ1n) is 12.3. The third-order valence-corrected chi connectivity index (χ3v) is 7.37. The van der Waals surface area contributed by atoms with E-state index in [9.17, 15) is 31.9 Å². The van der Waals surface area contributed by atoms with E-state index in [1.165, 1.54) is 18.2 Å². The van der Waals surface area contributed by atoms with Crippen molar-refractivity contribution < 1.29 is 36.3 Å². The molecule has 3 atom stereocenters. The van der Waals surface area contributed by atoms with Crippen LogP contribution < -0.4 is 5.32 Å². The molecule has 1 aliphatic heterocycles. The Morgan fingerprint density at radius 3 is 2.50 bits per heavy atom. The molecule has 3 aromatic rings. The number of carbonyl (C=O) groups is 3. The highest BCUT2D eigenvalue weighted by Gasteiger charge is 2.59. The van der Waals surface area contributed by atoms with Gasteiger partial charge < -0.3 is 10.2 Å². The van der Waals surface area contributed by atoms with Gasteiger partial charge in [0.25, 0.3) is 5.91 Å². The lowest BCUT2D eigenvalue weighted by molar-refractivity contribution is -0.187. The number of rotatable bonds is 6. The van der Waals surface area contributed by atoms with E-state index in [1.54, 1.807) is 36.3 Å². The summed E-state index contributed by atoms with van der Waals surface area (Å²) >= 11 is 0. The lowest BCUT2D eigenvalue weighted by Gasteiger charge is -2.32. The Morgan fingerprint density at radius 1 is 1.18 bits per heavy atom. The van der Waals surface area contributed by atoms with Crippen molar-refractivity contribution in [3.05, 3.63) is 77.4 Å². The van der Waals surface area contributed by atoms with Crippen LogP contribution in [0.4, 0.5) is 26.7 Å². The summed E-state index contributed by atoms with van der Waals surface area (Å²) in [7, 11) is 1.72. The molecule has 210 valence electrons. The first kappa shape index (κ1) is 27.3. The molecular formula is C27H24F5N5O3. The van der Waals surface area contributed by atoms with Crippen molar-refractivity contribution >= 4 is 17.8 Å². The molecule has 13 heteroatoms. The summed E-state index contributed by atoms with van der Waals surface area (Å²) in [6, 6.07) is 6.00. The molecule has 1 aromatic heterocycles. The fraction of sp³-hybridized carbons (Fsp3) is 0.333. The largest absolute Gasteiger partial charge is 0.408 e. The van der Waals surface area contributed by atoms with E-state index in [-0.39, 0.29) is 16.7 Å². The normalized spacial score (nSPS) is 21.1. The summed E-state index contributed by atoms with van der Waals surface area (Å²) < 4.78 is 71.1. The molecule has 1 spiro atoms. The SMILES string of the molecule is C[C@H](N(Cc1ccc(F)cc1)C(=O)CN1C(=O)N[C@]2(C[C@@H](F)c3cc(-c4cnn(C)c4)ccc32)C1=O)C(F)(F)F. The maximum atomic E-state index is 15.3. The molecule has 0 bridgehead atoms. The van der Waals surface area contributed by atoms with Gasteiger partial charge in [0, 0.05) is 31.8 Å². The zero-order chi connectivity index (χ0) is 29.0. The molecule has 1 aliphatic carbocycles. The molecule has 0 unspecified atom stereocenters.